The minimum Gasteiger partial charge on any atom is -0.358 e. The van der Waals surface area contributed by atoms with Crippen LogP contribution in [0.4, 0.5) is 0 Å². The smallest absolute Gasteiger partial charge is 0.216 e. The van der Waals surface area contributed by atoms with Crippen molar-refractivity contribution in [2.45, 2.75) is 26.2 Å². The molecule has 2 rings (SSSR count). The van der Waals surface area contributed by atoms with Gasteiger partial charge < -0.3 is 10.3 Å². The Labute approximate surface area is 101 Å². The largest absolute Gasteiger partial charge is 0.358 e. The van der Waals surface area contributed by atoms with Gasteiger partial charge in [0.2, 0.25) is 5.91 Å². The van der Waals surface area contributed by atoms with Crippen molar-refractivity contribution in [3.63, 3.8) is 0 Å². The molecule has 3 heteroatoms. The molecule has 0 fully saturated rings. The Morgan fingerprint density at radius 3 is 2.71 bits per heavy atom. The number of aromatic amines is 1. The molecule has 90 valence electrons. The lowest BCUT2D eigenvalue weighted by atomic mass is 9.89. The first kappa shape index (κ1) is 11.7. The van der Waals surface area contributed by atoms with Gasteiger partial charge in [-0.25, -0.2) is 0 Å². The number of carbonyl (C=O) groups is 1. The summed E-state index contributed by atoms with van der Waals surface area (Å²) in [5, 5.41) is 4.08. The van der Waals surface area contributed by atoms with Crippen LogP contribution < -0.4 is 5.32 Å². The summed E-state index contributed by atoms with van der Waals surface area (Å²) in [5.41, 5.74) is 2.19. The molecule has 3 nitrogen and oxygen atoms in total. The molecule has 0 unspecified atom stereocenters. The summed E-state index contributed by atoms with van der Waals surface area (Å²) >= 11 is 0. The van der Waals surface area contributed by atoms with Gasteiger partial charge >= 0.3 is 0 Å². The minimum atomic E-state index is -0.0926. The first-order chi connectivity index (χ1) is 7.99. The molecular formula is C14H18N2O. The first-order valence-electron chi connectivity index (χ1n) is 5.82. The molecule has 1 amide bonds. The molecule has 0 atom stereocenters. The van der Waals surface area contributed by atoms with Crippen molar-refractivity contribution in [3.8, 4) is 0 Å². The number of fused-ring (bicyclic) bond motifs is 1. The summed E-state index contributed by atoms with van der Waals surface area (Å²) in [6, 6.07) is 10.3. The van der Waals surface area contributed by atoms with E-state index in [-0.39, 0.29) is 11.3 Å². The fraction of sp³-hybridized carbons (Fsp3) is 0.357. The number of carbonyl (C=O) groups excluding carboxylic acids is 1. The standard InChI is InChI=1S/C14H18N2O/c1-10(17)15-9-14(2,3)13-8-11-6-4-5-7-12(11)16-13/h4-8,16H,9H2,1-3H3,(H,15,17). The van der Waals surface area contributed by atoms with Crippen LogP contribution >= 0.6 is 0 Å². The van der Waals surface area contributed by atoms with Crippen LogP contribution in [0.2, 0.25) is 0 Å². The Morgan fingerprint density at radius 2 is 2.06 bits per heavy atom. The van der Waals surface area contributed by atoms with E-state index in [2.05, 4.69) is 42.3 Å². The van der Waals surface area contributed by atoms with Crippen LogP contribution in [0, 0.1) is 0 Å². The highest BCUT2D eigenvalue weighted by Crippen LogP contribution is 2.25. The molecule has 0 radical (unpaired) electrons. The van der Waals surface area contributed by atoms with Crippen molar-refractivity contribution >= 4 is 16.8 Å². The van der Waals surface area contributed by atoms with Gasteiger partial charge in [-0.3, -0.25) is 4.79 Å². The maximum atomic E-state index is 11.0. The maximum absolute atomic E-state index is 11.0. The lowest BCUT2D eigenvalue weighted by Crippen LogP contribution is -2.35. The van der Waals surface area contributed by atoms with Crippen molar-refractivity contribution < 1.29 is 4.79 Å². The van der Waals surface area contributed by atoms with E-state index in [0.717, 1.165) is 11.2 Å². The van der Waals surface area contributed by atoms with Crippen molar-refractivity contribution in [1.82, 2.24) is 10.3 Å². The number of para-hydroxylation sites is 1. The molecule has 0 bridgehead atoms. The SMILES string of the molecule is CC(=O)NCC(C)(C)c1cc2ccccc2[nH]1. The van der Waals surface area contributed by atoms with Crippen LogP contribution in [0.3, 0.4) is 0 Å². The van der Waals surface area contributed by atoms with Crippen molar-refractivity contribution in [1.29, 1.82) is 0 Å². The van der Waals surface area contributed by atoms with Gasteiger partial charge in [0, 0.05) is 30.1 Å². The number of rotatable bonds is 3. The zero-order valence-corrected chi connectivity index (χ0v) is 10.5. The molecule has 2 N–H and O–H groups in total. The van der Waals surface area contributed by atoms with E-state index in [4.69, 9.17) is 0 Å². The third-order valence-corrected chi connectivity index (χ3v) is 3.04. The zero-order valence-electron chi connectivity index (χ0n) is 10.5. The topological polar surface area (TPSA) is 44.9 Å². The highest BCUT2D eigenvalue weighted by atomic mass is 16.1. The number of aromatic nitrogens is 1. The van der Waals surface area contributed by atoms with Gasteiger partial charge in [0.05, 0.1) is 0 Å². The summed E-state index contributed by atoms with van der Waals surface area (Å²) in [7, 11) is 0. The second-order valence-electron chi connectivity index (χ2n) is 5.06. The van der Waals surface area contributed by atoms with Gasteiger partial charge in [0.15, 0.2) is 0 Å². The summed E-state index contributed by atoms with van der Waals surface area (Å²) in [6.45, 7) is 6.41. The van der Waals surface area contributed by atoms with Gasteiger partial charge in [0.1, 0.15) is 0 Å². The number of H-pyrrole nitrogens is 1. The van der Waals surface area contributed by atoms with Crippen molar-refractivity contribution in [3.05, 3.63) is 36.0 Å². The van der Waals surface area contributed by atoms with Gasteiger partial charge in [0.25, 0.3) is 0 Å². The van der Waals surface area contributed by atoms with E-state index in [0.29, 0.717) is 6.54 Å². The van der Waals surface area contributed by atoms with E-state index in [1.807, 2.05) is 12.1 Å². The number of hydrogen-bond acceptors (Lipinski definition) is 1. The quantitative estimate of drug-likeness (QED) is 0.836. The Hall–Kier alpha value is -1.77. The molecule has 0 aliphatic heterocycles. The summed E-state index contributed by atoms with van der Waals surface area (Å²) < 4.78 is 0. The van der Waals surface area contributed by atoms with Crippen LogP contribution in [0.5, 0.6) is 0 Å². The average Bonchev–Trinajstić information content (AvgIpc) is 2.71. The van der Waals surface area contributed by atoms with Gasteiger partial charge in [-0.15, -0.1) is 0 Å². The van der Waals surface area contributed by atoms with Crippen LogP contribution in [-0.4, -0.2) is 17.4 Å². The zero-order chi connectivity index (χ0) is 12.5. The molecule has 0 aliphatic carbocycles. The molecular weight excluding hydrogens is 212 g/mol. The summed E-state index contributed by atoms with van der Waals surface area (Å²) in [5.74, 6) is 0.00851. The van der Waals surface area contributed by atoms with Gasteiger partial charge in [-0.05, 0) is 17.5 Å². The molecule has 2 aromatic rings. The summed E-state index contributed by atoms with van der Waals surface area (Å²) in [4.78, 5) is 14.4. The number of nitrogens with one attached hydrogen (secondary N) is 2. The van der Waals surface area contributed by atoms with Crippen LogP contribution in [-0.2, 0) is 10.2 Å². The number of amides is 1. The highest BCUT2D eigenvalue weighted by molar-refractivity contribution is 5.80. The number of hydrogen-bond donors (Lipinski definition) is 2. The van der Waals surface area contributed by atoms with E-state index in [1.165, 1.54) is 5.39 Å². The molecule has 1 heterocycles. The predicted octanol–water partition coefficient (Wildman–Crippen LogP) is 2.58. The molecule has 0 aliphatic rings. The molecule has 0 spiro atoms. The highest BCUT2D eigenvalue weighted by Gasteiger charge is 2.22. The Kier molecular flexibility index (Phi) is 2.92. The lowest BCUT2D eigenvalue weighted by molar-refractivity contribution is -0.119. The molecule has 0 saturated carbocycles. The van der Waals surface area contributed by atoms with Gasteiger partial charge in [-0.2, -0.15) is 0 Å². The van der Waals surface area contributed by atoms with E-state index in [9.17, 15) is 4.79 Å². The van der Waals surface area contributed by atoms with E-state index in [1.54, 1.807) is 6.92 Å². The fourth-order valence-corrected chi connectivity index (χ4v) is 1.88. The molecule has 0 saturated heterocycles. The third-order valence-electron chi connectivity index (χ3n) is 3.04. The fourth-order valence-electron chi connectivity index (χ4n) is 1.88. The average molecular weight is 230 g/mol. The van der Waals surface area contributed by atoms with E-state index < -0.39 is 0 Å². The number of benzene rings is 1. The molecule has 1 aromatic heterocycles. The Morgan fingerprint density at radius 1 is 1.35 bits per heavy atom. The molecule has 17 heavy (non-hydrogen) atoms. The minimum absolute atomic E-state index is 0.00851. The van der Waals surface area contributed by atoms with Crippen LogP contribution in [0.15, 0.2) is 30.3 Å². The van der Waals surface area contributed by atoms with Gasteiger partial charge in [-0.1, -0.05) is 32.0 Å². The van der Waals surface area contributed by atoms with Crippen LogP contribution in [0.25, 0.3) is 10.9 Å². The normalized spacial score (nSPS) is 11.7. The Balaban J connectivity index is 2.28. The Bertz CT molecular complexity index is 507. The van der Waals surface area contributed by atoms with E-state index >= 15 is 0 Å². The van der Waals surface area contributed by atoms with Crippen LogP contribution in [0.1, 0.15) is 26.5 Å². The van der Waals surface area contributed by atoms with Crippen molar-refractivity contribution in [2.24, 2.45) is 0 Å². The predicted molar refractivity (Wildman–Crippen MR) is 70.0 cm³/mol. The summed E-state index contributed by atoms with van der Waals surface area (Å²) in [6.07, 6.45) is 0. The second-order valence-corrected chi connectivity index (χ2v) is 5.06. The molecule has 1 aromatic carbocycles. The second kappa shape index (κ2) is 4.24. The third kappa shape index (κ3) is 2.49. The maximum Gasteiger partial charge on any atom is 0.216 e. The lowest BCUT2D eigenvalue weighted by Gasteiger charge is -2.23. The van der Waals surface area contributed by atoms with Crippen molar-refractivity contribution in [2.75, 3.05) is 6.54 Å². The first-order valence-corrected chi connectivity index (χ1v) is 5.82. The monoisotopic (exact) mass is 230 g/mol.